The van der Waals surface area contributed by atoms with Gasteiger partial charge >= 0.3 is 0 Å². The Hall–Kier alpha value is -2.00. The van der Waals surface area contributed by atoms with E-state index in [0.29, 0.717) is 31.9 Å². The Morgan fingerprint density at radius 1 is 1.08 bits per heavy atom. The number of halogens is 3. The zero-order chi connectivity index (χ0) is 26.6. The molecule has 0 aliphatic heterocycles. The summed E-state index contributed by atoms with van der Waals surface area (Å²) in [7, 11) is -3.85. The van der Waals surface area contributed by atoms with Gasteiger partial charge in [0, 0.05) is 33.2 Å². The molecule has 196 valence electrons. The average Bonchev–Trinajstić information content (AvgIpc) is 3.29. The van der Waals surface area contributed by atoms with Crippen LogP contribution in [0.1, 0.15) is 43.7 Å². The summed E-state index contributed by atoms with van der Waals surface area (Å²) in [5, 5.41) is 4.15. The molecule has 1 N–H and O–H groups in total. The first-order valence-corrected chi connectivity index (χ1v) is 14.6. The summed E-state index contributed by atoms with van der Waals surface area (Å²) < 4.78 is 26.5. The van der Waals surface area contributed by atoms with Crippen molar-refractivity contribution in [3.8, 4) is 0 Å². The van der Waals surface area contributed by atoms with Crippen molar-refractivity contribution in [3.05, 3.63) is 62.6 Å². The van der Waals surface area contributed by atoms with Crippen LogP contribution in [0.5, 0.6) is 0 Å². The summed E-state index contributed by atoms with van der Waals surface area (Å²) >= 11 is 18.8. The third-order valence-electron chi connectivity index (χ3n) is 6.37. The molecule has 11 heteroatoms. The van der Waals surface area contributed by atoms with E-state index >= 15 is 0 Å². The summed E-state index contributed by atoms with van der Waals surface area (Å²) in [6.07, 6.45) is 4.89. The quantitative estimate of drug-likeness (QED) is 0.446. The Kier molecular flexibility index (Phi) is 9.55. The molecule has 0 bridgehead atoms. The number of carbonyl (C=O) groups excluding carboxylic acids is 2. The van der Waals surface area contributed by atoms with Crippen molar-refractivity contribution in [2.24, 2.45) is 0 Å². The van der Waals surface area contributed by atoms with Gasteiger partial charge in [-0.1, -0.05) is 53.7 Å². The van der Waals surface area contributed by atoms with Crippen LogP contribution in [0.3, 0.4) is 0 Å². The van der Waals surface area contributed by atoms with Crippen LogP contribution >= 0.6 is 34.8 Å². The number of nitrogens with one attached hydrogen (secondary N) is 1. The minimum Gasteiger partial charge on any atom is -0.352 e. The summed E-state index contributed by atoms with van der Waals surface area (Å²) in [5.41, 5.74) is 1.39. The normalized spacial score (nSPS) is 14.9. The second-order valence-electron chi connectivity index (χ2n) is 9.09. The number of hydrogen-bond acceptors (Lipinski definition) is 4. The predicted octanol–water partition coefficient (Wildman–Crippen LogP) is 5.20. The van der Waals surface area contributed by atoms with E-state index in [2.05, 4.69) is 5.32 Å². The summed E-state index contributed by atoms with van der Waals surface area (Å²) in [5.74, 6) is -0.883. The lowest BCUT2D eigenvalue weighted by molar-refractivity contribution is -0.139. The van der Waals surface area contributed by atoms with E-state index in [-0.39, 0.29) is 18.5 Å². The monoisotopic (exact) mass is 573 g/mol. The van der Waals surface area contributed by atoms with E-state index in [9.17, 15) is 18.0 Å². The molecular formula is C25H30Cl3N3O4S. The van der Waals surface area contributed by atoms with Gasteiger partial charge in [0.15, 0.2) is 0 Å². The molecule has 2 aromatic rings. The van der Waals surface area contributed by atoms with Gasteiger partial charge in [-0.05, 0) is 62.6 Å². The second-order valence-corrected chi connectivity index (χ2v) is 12.2. The van der Waals surface area contributed by atoms with Crippen LogP contribution < -0.4 is 9.62 Å². The number of aryl methyl sites for hydroxylation is 1. The van der Waals surface area contributed by atoms with E-state index in [4.69, 9.17) is 34.8 Å². The lowest BCUT2D eigenvalue weighted by atomic mass is 10.1. The first-order chi connectivity index (χ1) is 16.9. The van der Waals surface area contributed by atoms with Crippen LogP contribution in [0.4, 0.5) is 5.69 Å². The fraction of sp³-hybridized carbons (Fsp3) is 0.440. The van der Waals surface area contributed by atoms with Crippen molar-refractivity contribution in [2.75, 3.05) is 17.1 Å². The Bertz CT molecular complexity index is 1210. The maximum absolute atomic E-state index is 13.7. The smallest absolute Gasteiger partial charge is 0.244 e. The number of amides is 2. The van der Waals surface area contributed by atoms with Crippen LogP contribution in [0.15, 0.2) is 36.4 Å². The molecule has 0 aromatic heterocycles. The Labute approximate surface area is 227 Å². The molecule has 0 saturated heterocycles. The maximum atomic E-state index is 13.7. The van der Waals surface area contributed by atoms with Crippen LogP contribution in [-0.4, -0.2) is 50.0 Å². The third kappa shape index (κ3) is 7.06. The van der Waals surface area contributed by atoms with E-state index in [0.717, 1.165) is 36.2 Å². The lowest BCUT2D eigenvalue weighted by Crippen LogP contribution is -2.52. The molecule has 0 radical (unpaired) electrons. The summed E-state index contributed by atoms with van der Waals surface area (Å²) in [4.78, 5) is 28.1. The first kappa shape index (κ1) is 28.6. The minimum atomic E-state index is -3.85. The molecule has 1 atom stereocenters. The van der Waals surface area contributed by atoms with Crippen LogP contribution in [0, 0.1) is 6.92 Å². The van der Waals surface area contributed by atoms with Gasteiger partial charge in [0.1, 0.15) is 12.6 Å². The highest BCUT2D eigenvalue weighted by molar-refractivity contribution is 7.92. The predicted molar refractivity (Wildman–Crippen MR) is 145 cm³/mol. The molecule has 3 rings (SSSR count). The lowest BCUT2D eigenvalue weighted by Gasteiger charge is -2.32. The molecule has 0 spiro atoms. The molecule has 36 heavy (non-hydrogen) atoms. The standard InChI is InChI=1S/C25H30Cl3N3O4S/c1-16-13-18(26)11-12-23(16)31(36(3,34)35)15-24(32)30(14-20-21(27)9-6-10-22(20)28)17(2)25(33)29-19-7-4-5-8-19/h6,9-13,17,19H,4-5,7-8,14-15H2,1-3H3,(H,29,33)/t17-/m0/s1. The molecule has 2 aromatic carbocycles. The van der Waals surface area contributed by atoms with Gasteiger partial charge in [0.2, 0.25) is 21.8 Å². The van der Waals surface area contributed by atoms with E-state index in [1.807, 2.05) is 0 Å². The topological polar surface area (TPSA) is 86.8 Å². The van der Waals surface area contributed by atoms with Crippen molar-refractivity contribution in [1.82, 2.24) is 10.2 Å². The molecule has 0 unspecified atom stereocenters. The van der Waals surface area contributed by atoms with Crippen molar-refractivity contribution in [2.45, 2.75) is 58.2 Å². The van der Waals surface area contributed by atoms with Crippen molar-refractivity contribution in [3.63, 3.8) is 0 Å². The number of rotatable bonds is 9. The minimum absolute atomic E-state index is 0.0602. The number of nitrogens with zero attached hydrogens (tertiary/aromatic N) is 2. The maximum Gasteiger partial charge on any atom is 0.244 e. The van der Waals surface area contributed by atoms with E-state index in [1.165, 1.54) is 4.90 Å². The highest BCUT2D eigenvalue weighted by atomic mass is 35.5. The van der Waals surface area contributed by atoms with Crippen molar-refractivity contribution < 1.29 is 18.0 Å². The van der Waals surface area contributed by atoms with Gasteiger partial charge in [0.25, 0.3) is 0 Å². The number of hydrogen-bond donors (Lipinski definition) is 1. The highest BCUT2D eigenvalue weighted by Crippen LogP contribution is 2.29. The fourth-order valence-corrected chi connectivity index (χ4v) is 5.97. The number of benzene rings is 2. The largest absolute Gasteiger partial charge is 0.352 e. The number of anilines is 1. The Balaban J connectivity index is 1.95. The zero-order valence-electron chi connectivity index (χ0n) is 20.4. The van der Waals surface area contributed by atoms with Gasteiger partial charge in [-0.25, -0.2) is 8.42 Å². The molecule has 7 nitrogen and oxygen atoms in total. The first-order valence-electron chi connectivity index (χ1n) is 11.6. The molecular weight excluding hydrogens is 545 g/mol. The molecule has 0 heterocycles. The van der Waals surface area contributed by atoms with Gasteiger partial charge in [-0.2, -0.15) is 0 Å². The van der Waals surface area contributed by atoms with Gasteiger partial charge in [-0.15, -0.1) is 0 Å². The fourth-order valence-electron chi connectivity index (χ4n) is 4.32. The van der Waals surface area contributed by atoms with Gasteiger partial charge < -0.3 is 10.2 Å². The van der Waals surface area contributed by atoms with E-state index < -0.39 is 28.5 Å². The SMILES string of the molecule is Cc1cc(Cl)ccc1N(CC(=O)N(Cc1c(Cl)cccc1Cl)[C@@H](C)C(=O)NC1CCCC1)S(C)(=O)=O. The Morgan fingerprint density at radius 3 is 2.25 bits per heavy atom. The molecule has 1 saturated carbocycles. The van der Waals surface area contributed by atoms with Crippen molar-refractivity contribution in [1.29, 1.82) is 0 Å². The average molecular weight is 575 g/mol. The molecule has 1 aliphatic rings. The number of sulfonamides is 1. The van der Waals surface area contributed by atoms with Crippen molar-refractivity contribution >= 4 is 62.3 Å². The van der Waals surface area contributed by atoms with Gasteiger partial charge in [0.05, 0.1) is 11.9 Å². The zero-order valence-corrected chi connectivity index (χ0v) is 23.5. The van der Waals surface area contributed by atoms with Crippen LogP contribution in [0.25, 0.3) is 0 Å². The molecule has 1 fully saturated rings. The summed E-state index contributed by atoms with van der Waals surface area (Å²) in [6.45, 7) is 2.76. The van der Waals surface area contributed by atoms with Crippen LogP contribution in [0.2, 0.25) is 15.1 Å². The van der Waals surface area contributed by atoms with Gasteiger partial charge in [-0.3, -0.25) is 13.9 Å². The molecule has 2 amide bonds. The van der Waals surface area contributed by atoms with Crippen LogP contribution in [-0.2, 0) is 26.2 Å². The molecule has 1 aliphatic carbocycles. The third-order valence-corrected chi connectivity index (χ3v) is 8.44. The highest BCUT2D eigenvalue weighted by Gasteiger charge is 2.32. The summed E-state index contributed by atoms with van der Waals surface area (Å²) in [6, 6.07) is 8.89. The Morgan fingerprint density at radius 2 is 1.69 bits per heavy atom. The number of carbonyl (C=O) groups is 2. The second kappa shape index (κ2) is 12.0. The van der Waals surface area contributed by atoms with E-state index in [1.54, 1.807) is 50.2 Å².